The molecular weight excluding hydrogens is 322 g/mol. The van der Waals surface area contributed by atoms with Crippen LogP contribution in [0.1, 0.15) is 10.6 Å². The molecule has 1 heterocycles. The summed E-state index contributed by atoms with van der Waals surface area (Å²) in [6.45, 7) is 0. The van der Waals surface area contributed by atoms with Gasteiger partial charge in [0.1, 0.15) is 10.8 Å². The van der Waals surface area contributed by atoms with Gasteiger partial charge in [-0.05, 0) is 42.0 Å². The van der Waals surface area contributed by atoms with Crippen LogP contribution in [0.4, 0.5) is 0 Å². The number of ether oxygens (including phenoxy) is 2. The minimum atomic E-state index is 0.261. The van der Waals surface area contributed by atoms with E-state index in [1.807, 2.05) is 47.9 Å². The van der Waals surface area contributed by atoms with Gasteiger partial charge in [-0.1, -0.05) is 18.2 Å². The van der Waals surface area contributed by atoms with E-state index in [4.69, 9.17) is 9.47 Å². The Morgan fingerprint density at radius 2 is 1.71 bits per heavy atom. The summed E-state index contributed by atoms with van der Waals surface area (Å²) in [6, 6.07) is 12.8. The zero-order chi connectivity index (χ0) is 16.9. The van der Waals surface area contributed by atoms with Gasteiger partial charge in [-0.15, -0.1) is 11.3 Å². The smallest absolute Gasteiger partial charge is 0.161 e. The lowest BCUT2D eigenvalue weighted by Crippen LogP contribution is -1.90. The maximum Gasteiger partial charge on any atom is 0.161 e. The van der Waals surface area contributed by atoms with E-state index in [1.54, 1.807) is 37.7 Å². The Morgan fingerprint density at radius 1 is 0.958 bits per heavy atom. The predicted octanol–water partition coefficient (Wildman–Crippen LogP) is 4.70. The Morgan fingerprint density at radius 3 is 2.42 bits per heavy atom. The molecule has 0 radical (unpaired) electrons. The van der Waals surface area contributed by atoms with Crippen molar-refractivity contribution in [3.05, 3.63) is 58.4 Å². The largest absolute Gasteiger partial charge is 0.508 e. The number of hydrogen-bond acceptors (Lipinski definition) is 5. The van der Waals surface area contributed by atoms with Gasteiger partial charge in [0.2, 0.25) is 0 Å². The van der Waals surface area contributed by atoms with Crippen molar-refractivity contribution in [1.82, 2.24) is 4.98 Å². The predicted molar refractivity (Wildman–Crippen MR) is 97.7 cm³/mol. The van der Waals surface area contributed by atoms with Gasteiger partial charge in [-0.3, -0.25) is 0 Å². The molecule has 4 nitrogen and oxygen atoms in total. The molecule has 0 aliphatic rings. The lowest BCUT2D eigenvalue weighted by molar-refractivity contribution is 0.355. The second kappa shape index (κ2) is 7.19. The molecule has 3 aromatic rings. The quantitative estimate of drug-likeness (QED) is 0.732. The minimum Gasteiger partial charge on any atom is -0.508 e. The molecule has 0 saturated carbocycles. The third-order valence-corrected chi connectivity index (χ3v) is 4.32. The summed E-state index contributed by atoms with van der Waals surface area (Å²) in [5, 5.41) is 12.2. The summed E-state index contributed by atoms with van der Waals surface area (Å²) in [7, 11) is 3.24. The van der Waals surface area contributed by atoms with Crippen LogP contribution in [0.5, 0.6) is 17.2 Å². The second-order valence-corrected chi connectivity index (χ2v) is 5.96. The van der Waals surface area contributed by atoms with Crippen molar-refractivity contribution in [2.45, 2.75) is 0 Å². The summed E-state index contributed by atoms with van der Waals surface area (Å²) in [6.07, 6.45) is 3.93. The molecule has 0 aliphatic carbocycles. The standard InChI is InChI=1S/C19H17NO3S/c1-22-17-9-6-14(11-18(17)23-2)16-12-24-19(20-16)10-5-13-3-7-15(21)8-4-13/h3-12,21H,1-2H3/b10-5+. The first-order valence-electron chi connectivity index (χ1n) is 7.34. The van der Waals surface area contributed by atoms with E-state index in [1.165, 1.54) is 0 Å². The van der Waals surface area contributed by atoms with E-state index in [0.29, 0.717) is 11.5 Å². The van der Waals surface area contributed by atoms with Crippen LogP contribution >= 0.6 is 11.3 Å². The molecule has 0 spiro atoms. The lowest BCUT2D eigenvalue weighted by Gasteiger charge is -2.08. The molecule has 1 aromatic heterocycles. The fourth-order valence-corrected chi connectivity index (χ4v) is 2.96. The monoisotopic (exact) mass is 339 g/mol. The average molecular weight is 339 g/mol. The summed E-state index contributed by atoms with van der Waals surface area (Å²) < 4.78 is 10.6. The SMILES string of the molecule is COc1ccc(-c2csc(/C=C/c3ccc(O)cc3)n2)cc1OC. The van der Waals surface area contributed by atoms with Crippen LogP contribution in [0, 0.1) is 0 Å². The normalized spacial score (nSPS) is 10.9. The van der Waals surface area contributed by atoms with Crippen LogP contribution in [0.3, 0.4) is 0 Å². The number of hydrogen-bond donors (Lipinski definition) is 1. The summed E-state index contributed by atoms with van der Waals surface area (Å²) >= 11 is 1.57. The summed E-state index contributed by atoms with van der Waals surface area (Å²) in [5.41, 5.74) is 2.88. The minimum absolute atomic E-state index is 0.261. The number of aromatic hydroxyl groups is 1. The molecule has 0 fully saturated rings. The summed E-state index contributed by atoms with van der Waals surface area (Å²) in [4.78, 5) is 4.63. The van der Waals surface area contributed by atoms with Crippen molar-refractivity contribution >= 4 is 23.5 Å². The molecule has 0 aliphatic heterocycles. The first-order chi connectivity index (χ1) is 11.7. The number of phenols is 1. The highest BCUT2D eigenvalue weighted by atomic mass is 32.1. The Bertz CT molecular complexity index is 853. The molecule has 2 aromatic carbocycles. The molecule has 0 amide bonds. The van der Waals surface area contributed by atoms with E-state index in [2.05, 4.69) is 4.98 Å². The number of methoxy groups -OCH3 is 2. The summed E-state index contributed by atoms with van der Waals surface area (Å²) in [5.74, 6) is 1.64. The Kier molecular flexibility index (Phi) is 4.82. The topological polar surface area (TPSA) is 51.6 Å². The van der Waals surface area contributed by atoms with E-state index in [9.17, 15) is 5.11 Å². The maximum atomic E-state index is 9.30. The van der Waals surface area contributed by atoms with Crippen LogP contribution in [-0.4, -0.2) is 24.3 Å². The molecular formula is C19H17NO3S. The molecule has 1 N–H and O–H groups in total. The number of rotatable bonds is 5. The van der Waals surface area contributed by atoms with E-state index in [-0.39, 0.29) is 5.75 Å². The third kappa shape index (κ3) is 3.58. The van der Waals surface area contributed by atoms with Crippen molar-refractivity contribution < 1.29 is 14.6 Å². The van der Waals surface area contributed by atoms with Crippen molar-refractivity contribution in [3.8, 4) is 28.5 Å². The molecule has 0 saturated heterocycles. The van der Waals surface area contributed by atoms with Gasteiger partial charge >= 0.3 is 0 Å². The van der Waals surface area contributed by atoms with Crippen molar-refractivity contribution in [1.29, 1.82) is 0 Å². The molecule has 0 atom stereocenters. The zero-order valence-electron chi connectivity index (χ0n) is 13.4. The van der Waals surface area contributed by atoms with Gasteiger partial charge in [0.25, 0.3) is 0 Å². The molecule has 3 rings (SSSR count). The highest BCUT2D eigenvalue weighted by Crippen LogP contribution is 2.32. The van der Waals surface area contributed by atoms with Gasteiger partial charge in [0.15, 0.2) is 11.5 Å². The Hall–Kier alpha value is -2.79. The lowest BCUT2D eigenvalue weighted by atomic mass is 10.1. The highest BCUT2D eigenvalue weighted by Gasteiger charge is 2.08. The number of phenolic OH excluding ortho intramolecular Hbond substituents is 1. The van der Waals surface area contributed by atoms with Crippen molar-refractivity contribution in [2.75, 3.05) is 14.2 Å². The van der Waals surface area contributed by atoms with Gasteiger partial charge in [0.05, 0.1) is 19.9 Å². The van der Waals surface area contributed by atoms with Crippen LogP contribution in [0.15, 0.2) is 47.8 Å². The van der Waals surface area contributed by atoms with Crippen LogP contribution in [0.25, 0.3) is 23.4 Å². The highest BCUT2D eigenvalue weighted by molar-refractivity contribution is 7.10. The van der Waals surface area contributed by atoms with Gasteiger partial charge in [-0.2, -0.15) is 0 Å². The fraction of sp³-hybridized carbons (Fsp3) is 0.105. The Balaban J connectivity index is 1.81. The van der Waals surface area contributed by atoms with Gasteiger partial charge < -0.3 is 14.6 Å². The first kappa shape index (κ1) is 16.1. The fourth-order valence-electron chi connectivity index (χ4n) is 2.25. The van der Waals surface area contributed by atoms with Crippen LogP contribution in [-0.2, 0) is 0 Å². The molecule has 0 bridgehead atoms. The first-order valence-corrected chi connectivity index (χ1v) is 8.22. The molecule has 5 heteroatoms. The molecule has 122 valence electrons. The van der Waals surface area contributed by atoms with Crippen molar-refractivity contribution in [2.24, 2.45) is 0 Å². The molecule has 24 heavy (non-hydrogen) atoms. The van der Waals surface area contributed by atoms with Gasteiger partial charge in [0, 0.05) is 10.9 Å². The average Bonchev–Trinajstić information content (AvgIpc) is 3.09. The maximum absolute atomic E-state index is 9.30. The van der Waals surface area contributed by atoms with Crippen LogP contribution in [0.2, 0.25) is 0 Å². The van der Waals surface area contributed by atoms with Gasteiger partial charge in [-0.25, -0.2) is 4.98 Å². The van der Waals surface area contributed by atoms with Crippen LogP contribution < -0.4 is 9.47 Å². The molecule has 0 unspecified atom stereocenters. The number of aromatic nitrogens is 1. The third-order valence-electron chi connectivity index (χ3n) is 3.51. The van der Waals surface area contributed by atoms with E-state index in [0.717, 1.165) is 21.8 Å². The number of benzene rings is 2. The zero-order valence-corrected chi connectivity index (χ0v) is 14.2. The number of thiazole rings is 1. The van der Waals surface area contributed by atoms with Crippen molar-refractivity contribution in [3.63, 3.8) is 0 Å². The Labute approximate surface area is 144 Å². The van der Waals surface area contributed by atoms with E-state index >= 15 is 0 Å². The second-order valence-electron chi connectivity index (χ2n) is 5.07. The number of nitrogens with zero attached hydrogens (tertiary/aromatic N) is 1. The van der Waals surface area contributed by atoms with E-state index < -0.39 is 0 Å².